The van der Waals surface area contributed by atoms with Crippen LogP contribution < -0.4 is 10.6 Å². The van der Waals surface area contributed by atoms with E-state index in [1.165, 1.54) is 4.90 Å². The van der Waals surface area contributed by atoms with Crippen LogP contribution in [0.5, 0.6) is 0 Å². The average molecular weight is 288 g/mol. The Morgan fingerprint density at radius 2 is 1.70 bits per heavy atom. The Kier molecular flexibility index (Phi) is 4.84. The predicted octanol–water partition coefficient (Wildman–Crippen LogP) is 3.99. The number of anilines is 3. The first-order chi connectivity index (χ1) is 9.63. The van der Waals surface area contributed by atoms with Crippen LogP contribution in [0.25, 0.3) is 0 Å². The third-order valence-electron chi connectivity index (χ3n) is 2.95. The lowest BCUT2D eigenvalue weighted by atomic mass is 10.2. The minimum Gasteiger partial charge on any atom is -0.370 e. The fraction of sp³-hybridized carbons (Fsp3) is 0.333. The Bertz CT molecular complexity index is 581. The van der Waals surface area contributed by atoms with Gasteiger partial charge in [0.05, 0.1) is 0 Å². The van der Waals surface area contributed by atoms with Crippen LogP contribution in [0.3, 0.4) is 0 Å². The van der Waals surface area contributed by atoms with Crippen LogP contribution in [0.2, 0.25) is 0 Å². The number of aromatic nitrogens is 2. The molecule has 2 aromatic rings. The SMILES string of the molecule is CCNc1nc(C)nc(Nc2ccc(SC)cc2)c1C. The maximum absolute atomic E-state index is 4.49. The van der Waals surface area contributed by atoms with Crippen molar-refractivity contribution in [3.8, 4) is 0 Å². The first kappa shape index (κ1) is 14.7. The van der Waals surface area contributed by atoms with Crippen molar-refractivity contribution in [3.05, 3.63) is 35.7 Å². The zero-order valence-electron chi connectivity index (χ0n) is 12.3. The second kappa shape index (κ2) is 6.61. The predicted molar refractivity (Wildman–Crippen MR) is 87.2 cm³/mol. The number of hydrogen-bond donors (Lipinski definition) is 2. The van der Waals surface area contributed by atoms with Crippen molar-refractivity contribution in [2.45, 2.75) is 25.7 Å². The zero-order valence-corrected chi connectivity index (χ0v) is 13.1. The molecule has 1 heterocycles. The molecule has 0 amide bonds. The van der Waals surface area contributed by atoms with E-state index in [-0.39, 0.29) is 0 Å². The number of thioether (sulfide) groups is 1. The summed E-state index contributed by atoms with van der Waals surface area (Å²) < 4.78 is 0. The number of aryl methyl sites for hydroxylation is 1. The van der Waals surface area contributed by atoms with Crippen LogP contribution in [0.4, 0.5) is 17.3 Å². The molecule has 0 fully saturated rings. The van der Waals surface area contributed by atoms with Crippen molar-refractivity contribution in [2.24, 2.45) is 0 Å². The molecule has 2 rings (SSSR count). The summed E-state index contributed by atoms with van der Waals surface area (Å²) >= 11 is 1.74. The van der Waals surface area contributed by atoms with Gasteiger partial charge in [0.1, 0.15) is 17.5 Å². The van der Waals surface area contributed by atoms with Crippen LogP contribution in [0.15, 0.2) is 29.2 Å². The highest BCUT2D eigenvalue weighted by atomic mass is 32.2. The second-order valence-corrected chi connectivity index (χ2v) is 5.36. The summed E-state index contributed by atoms with van der Waals surface area (Å²) in [6.07, 6.45) is 2.07. The minimum atomic E-state index is 0.759. The monoisotopic (exact) mass is 288 g/mol. The smallest absolute Gasteiger partial charge is 0.139 e. The summed E-state index contributed by atoms with van der Waals surface area (Å²) in [4.78, 5) is 10.2. The Labute approximate surface area is 124 Å². The van der Waals surface area contributed by atoms with E-state index < -0.39 is 0 Å². The van der Waals surface area contributed by atoms with E-state index in [1.807, 2.05) is 13.8 Å². The van der Waals surface area contributed by atoms with Gasteiger partial charge >= 0.3 is 0 Å². The molecule has 0 radical (unpaired) electrons. The highest BCUT2D eigenvalue weighted by molar-refractivity contribution is 7.98. The maximum Gasteiger partial charge on any atom is 0.139 e. The van der Waals surface area contributed by atoms with E-state index in [4.69, 9.17) is 0 Å². The summed E-state index contributed by atoms with van der Waals surface area (Å²) in [5, 5.41) is 6.63. The Balaban J connectivity index is 2.27. The molecule has 1 aromatic heterocycles. The molecule has 0 atom stereocenters. The van der Waals surface area contributed by atoms with Gasteiger partial charge in [-0.2, -0.15) is 0 Å². The van der Waals surface area contributed by atoms with Crippen molar-refractivity contribution in [3.63, 3.8) is 0 Å². The number of hydrogen-bond acceptors (Lipinski definition) is 5. The normalized spacial score (nSPS) is 10.4. The molecule has 20 heavy (non-hydrogen) atoms. The number of benzene rings is 1. The number of nitrogens with one attached hydrogen (secondary N) is 2. The zero-order chi connectivity index (χ0) is 14.5. The van der Waals surface area contributed by atoms with Crippen LogP contribution in [0.1, 0.15) is 18.3 Å². The molecule has 0 aliphatic rings. The molecule has 5 heteroatoms. The van der Waals surface area contributed by atoms with Gasteiger partial charge in [0, 0.05) is 22.7 Å². The molecule has 0 aliphatic heterocycles. The van der Waals surface area contributed by atoms with E-state index in [0.29, 0.717) is 0 Å². The Hall–Kier alpha value is -1.75. The van der Waals surface area contributed by atoms with Crippen LogP contribution in [0, 0.1) is 13.8 Å². The molecular formula is C15H20N4S. The van der Waals surface area contributed by atoms with E-state index in [9.17, 15) is 0 Å². The minimum absolute atomic E-state index is 0.759. The molecule has 1 aromatic carbocycles. The van der Waals surface area contributed by atoms with Gasteiger partial charge in [-0.1, -0.05) is 0 Å². The highest BCUT2D eigenvalue weighted by Crippen LogP contribution is 2.24. The molecule has 106 valence electrons. The lowest BCUT2D eigenvalue weighted by Gasteiger charge is -2.13. The van der Waals surface area contributed by atoms with Crippen molar-refractivity contribution in [1.29, 1.82) is 0 Å². The van der Waals surface area contributed by atoms with Crippen LogP contribution in [-0.4, -0.2) is 22.8 Å². The van der Waals surface area contributed by atoms with Crippen LogP contribution in [-0.2, 0) is 0 Å². The van der Waals surface area contributed by atoms with Crippen molar-refractivity contribution in [1.82, 2.24) is 9.97 Å². The van der Waals surface area contributed by atoms with Gasteiger partial charge in [-0.05, 0) is 51.3 Å². The van der Waals surface area contributed by atoms with Crippen molar-refractivity contribution < 1.29 is 0 Å². The third-order valence-corrected chi connectivity index (χ3v) is 3.70. The molecular weight excluding hydrogens is 268 g/mol. The maximum atomic E-state index is 4.49. The quantitative estimate of drug-likeness (QED) is 0.815. The molecule has 0 unspecified atom stereocenters. The number of nitrogens with zero attached hydrogens (tertiary/aromatic N) is 2. The molecule has 0 aliphatic carbocycles. The van der Waals surface area contributed by atoms with Gasteiger partial charge in [-0.3, -0.25) is 0 Å². The average Bonchev–Trinajstić information content (AvgIpc) is 2.45. The van der Waals surface area contributed by atoms with E-state index in [2.05, 4.69) is 58.0 Å². The fourth-order valence-electron chi connectivity index (χ4n) is 1.90. The van der Waals surface area contributed by atoms with Gasteiger partial charge in [-0.25, -0.2) is 9.97 Å². The summed E-state index contributed by atoms with van der Waals surface area (Å²) in [6, 6.07) is 8.33. The van der Waals surface area contributed by atoms with Gasteiger partial charge in [-0.15, -0.1) is 11.8 Å². The highest BCUT2D eigenvalue weighted by Gasteiger charge is 2.08. The topological polar surface area (TPSA) is 49.8 Å². The summed E-state index contributed by atoms with van der Waals surface area (Å²) in [6.45, 7) is 6.84. The van der Waals surface area contributed by atoms with E-state index >= 15 is 0 Å². The van der Waals surface area contributed by atoms with E-state index in [1.54, 1.807) is 11.8 Å². The largest absolute Gasteiger partial charge is 0.370 e. The van der Waals surface area contributed by atoms with Gasteiger partial charge in [0.15, 0.2) is 0 Å². The molecule has 4 nitrogen and oxygen atoms in total. The third kappa shape index (κ3) is 3.42. The van der Waals surface area contributed by atoms with Gasteiger partial charge in [0.25, 0.3) is 0 Å². The van der Waals surface area contributed by atoms with Gasteiger partial charge < -0.3 is 10.6 Å². The molecule has 2 N–H and O–H groups in total. The summed E-state index contributed by atoms with van der Waals surface area (Å²) in [5.74, 6) is 2.50. The van der Waals surface area contributed by atoms with Crippen LogP contribution >= 0.6 is 11.8 Å². The molecule has 0 saturated carbocycles. The summed E-state index contributed by atoms with van der Waals surface area (Å²) in [5.41, 5.74) is 2.07. The van der Waals surface area contributed by atoms with E-state index in [0.717, 1.165) is 35.3 Å². The Morgan fingerprint density at radius 3 is 2.30 bits per heavy atom. The summed E-state index contributed by atoms with van der Waals surface area (Å²) in [7, 11) is 0. The van der Waals surface area contributed by atoms with Gasteiger partial charge in [0.2, 0.25) is 0 Å². The molecule has 0 bridgehead atoms. The number of rotatable bonds is 5. The molecule has 0 spiro atoms. The lowest BCUT2D eigenvalue weighted by Crippen LogP contribution is -2.07. The first-order valence-corrected chi connectivity index (χ1v) is 7.86. The Morgan fingerprint density at radius 1 is 1.05 bits per heavy atom. The first-order valence-electron chi connectivity index (χ1n) is 6.64. The standard InChI is InChI=1S/C15H20N4S/c1-5-16-14-10(2)15(18-11(3)17-14)19-12-6-8-13(20-4)9-7-12/h6-9H,5H2,1-4H3,(H2,16,17,18,19). The fourth-order valence-corrected chi connectivity index (χ4v) is 2.31. The van der Waals surface area contributed by atoms with Crippen molar-refractivity contribution >= 4 is 29.1 Å². The second-order valence-electron chi connectivity index (χ2n) is 4.48. The molecule has 0 saturated heterocycles. The lowest BCUT2D eigenvalue weighted by molar-refractivity contribution is 1.02. The van der Waals surface area contributed by atoms with Crippen molar-refractivity contribution in [2.75, 3.05) is 23.4 Å².